The molecule has 48 heavy (non-hydrogen) atoms. The van der Waals surface area contributed by atoms with E-state index in [-0.39, 0.29) is 17.8 Å². The third-order valence-corrected chi connectivity index (χ3v) is 8.93. The van der Waals surface area contributed by atoms with E-state index in [0.717, 1.165) is 71.3 Å². The van der Waals surface area contributed by atoms with Crippen LogP contribution < -0.4 is 10.6 Å². The van der Waals surface area contributed by atoms with Gasteiger partial charge in [0.05, 0.1) is 5.52 Å². The summed E-state index contributed by atoms with van der Waals surface area (Å²) in [5.74, 6) is 1.30. The highest BCUT2D eigenvalue weighted by atomic mass is 32.5. The van der Waals surface area contributed by atoms with Crippen LogP contribution in [0.3, 0.4) is 0 Å². The highest BCUT2D eigenvalue weighted by Crippen LogP contribution is 3.02. The number of H-pyrrole nitrogens is 1. The molecule has 252 valence electrons. The number of halogens is 5. The van der Waals surface area contributed by atoms with Gasteiger partial charge in [-0.3, -0.25) is 4.79 Å². The van der Waals surface area contributed by atoms with Gasteiger partial charge in [0.2, 0.25) is 5.91 Å². The molecule has 3 aromatic carbocycles. The van der Waals surface area contributed by atoms with Crippen molar-refractivity contribution in [3.8, 4) is 0 Å². The number of carbonyl (C=O) groups excluding carboxylic acids is 1. The van der Waals surface area contributed by atoms with E-state index in [1.807, 2.05) is 62.4 Å². The van der Waals surface area contributed by atoms with Crippen LogP contribution in [0.2, 0.25) is 0 Å². The molecule has 1 aliphatic rings. The number of allylic oxidation sites excluding steroid dienone is 4. The first-order valence-electron chi connectivity index (χ1n) is 15.4. The average Bonchev–Trinajstić information content (AvgIpc) is 3.33. The highest BCUT2D eigenvalue weighted by Gasteiger charge is 2.65. The molecule has 6 nitrogen and oxygen atoms in total. The maximum Gasteiger partial charge on any atom is 0.310 e. The smallest absolute Gasteiger partial charge is 0.310 e. The van der Waals surface area contributed by atoms with E-state index in [1.54, 1.807) is 12.1 Å². The zero-order chi connectivity index (χ0) is 34.4. The molecule has 0 saturated carbocycles. The van der Waals surface area contributed by atoms with Crippen molar-refractivity contribution in [3.63, 3.8) is 0 Å². The van der Waals surface area contributed by atoms with Crippen molar-refractivity contribution in [1.29, 1.82) is 0 Å². The summed E-state index contributed by atoms with van der Waals surface area (Å²) in [6, 6.07) is 17.2. The molecule has 0 fully saturated rings. The quantitative estimate of drug-likeness (QED) is 0.0907. The third kappa shape index (κ3) is 8.68. The van der Waals surface area contributed by atoms with E-state index in [2.05, 4.69) is 27.8 Å². The number of anilines is 3. The molecule has 3 N–H and O–H groups in total. The minimum Gasteiger partial charge on any atom is -0.339 e. The second-order valence-corrected chi connectivity index (χ2v) is 13.8. The van der Waals surface area contributed by atoms with Gasteiger partial charge in [0, 0.05) is 28.8 Å². The molecule has 5 aromatic rings. The molecule has 1 amide bonds. The summed E-state index contributed by atoms with van der Waals surface area (Å²) < 4.78 is 64.5. The second-order valence-electron chi connectivity index (χ2n) is 11.4. The fourth-order valence-electron chi connectivity index (χ4n) is 5.20. The number of aromatic nitrogens is 3. The van der Waals surface area contributed by atoms with Crippen LogP contribution in [0.1, 0.15) is 56.8 Å². The number of nitrogens with one attached hydrogen (secondary N) is 3. The van der Waals surface area contributed by atoms with Crippen LogP contribution in [-0.2, 0) is 4.79 Å². The molecule has 6 rings (SSSR count). The van der Waals surface area contributed by atoms with E-state index in [1.165, 1.54) is 12.2 Å². The normalized spacial score (nSPS) is 15.6. The molecule has 0 bridgehead atoms. The Balaban J connectivity index is 0.00000107. The van der Waals surface area contributed by atoms with Gasteiger partial charge in [-0.15, -0.1) is 0 Å². The Morgan fingerprint density at radius 1 is 0.833 bits per heavy atom. The van der Waals surface area contributed by atoms with E-state index in [0.29, 0.717) is 17.3 Å². The minimum absolute atomic E-state index is 0.0447. The molecule has 0 spiro atoms. The summed E-state index contributed by atoms with van der Waals surface area (Å²) in [7, 11) is -9.77. The SMILES string of the molecule is C/C=C\C.O=C(/C=C/c1ccc(Nc2nc3ccccc3c3nc(C4CCC=CCC4)[nH]c23)cc1)Nc1ccc(S(F)(F)(F)(F)F)cc1. The zero-order valence-electron chi connectivity index (χ0n) is 26.4. The third-order valence-electron chi connectivity index (χ3n) is 7.77. The average molecular weight is 682 g/mol. The van der Waals surface area contributed by atoms with Crippen molar-refractivity contribution < 1.29 is 24.2 Å². The lowest BCUT2D eigenvalue weighted by Crippen LogP contribution is -2.09. The van der Waals surface area contributed by atoms with Crippen molar-refractivity contribution in [1.82, 2.24) is 15.0 Å². The molecule has 0 saturated heterocycles. The summed E-state index contributed by atoms with van der Waals surface area (Å²) in [5, 5.41) is 6.71. The van der Waals surface area contributed by atoms with E-state index < -0.39 is 21.0 Å². The second kappa shape index (κ2) is 13.3. The zero-order valence-corrected chi connectivity index (χ0v) is 27.2. The molecule has 0 unspecified atom stereocenters. The van der Waals surface area contributed by atoms with Crippen molar-refractivity contribution >= 4 is 61.3 Å². The number of aromatic amines is 1. The molecule has 0 atom stereocenters. The molecular formula is C36H36F5N5OS. The summed E-state index contributed by atoms with van der Waals surface area (Å²) in [6.45, 7) is 4.00. The molecular weight excluding hydrogens is 645 g/mol. The van der Waals surface area contributed by atoms with Gasteiger partial charge in [0.25, 0.3) is 0 Å². The lowest BCUT2D eigenvalue weighted by molar-refractivity contribution is -0.111. The number of carbonyl (C=O) groups is 1. The standard InChI is InChI=1S/C32H28F5N5OS.C4H8/c33-44(34,35,36,37)25-18-16-23(17-19-25)38-28(43)20-13-21-11-14-24(15-12-21)39-32-30-29(26-9-5-6-10-27(26)40-32)41-31(42-30)22-7-3-1-2-4-8-22;1-3-4-2/h1-2,5-6,9-20,22H,3-4,7-8H2,(H,38,43)(H,39,40)(H,41,42);3-4H,1-2H3/b20-13+;4-3-. The van der Waals surface area contributed by atoms with Gasteiger partial charge in [-0.05, 0) is 93.6 Å². The summed E-state index contributed by atoms with van der Waals surface area (Å²) >= 11 is 0. The molecule has 0 radical (unpaired) electrons. The van der Waals surface area contributed by atoms with Crippen LogP contribution >= 0.6 is 10.2 Å². The van der Waals surface area contributed by atoms with Gasteiger partial charge in [0.1, 0.15) is 21.8 Å². The Morgan fingerprint density at radius 3 is 2.08 bits per heavy atom. The number of hydrogen-bond acceptors (Lipinski definition) is 4. The molecule has 0 aliphatic heterocycles. The number of benzene rings is 3. The Kier molecular flexibility index (Phi) is 9.50. The summed E-state index contributed by atoms with van der Waals surface area (Å²) in [4.78, 5) is 23.7. The Bertz CT molecular complexity index is 1990. The Labute approximate surface area is 275 Å². The van der Waals surface area contributed by atoms with Crippen LogP contribution in [0.4, 0.5) is 36.6 Å². The van der Waals surface area contributed by atoms with Gasteiger partial charge in [-0.25, -0.2) is 9.97 Å². The number of imidazole rings is 1. The van der Waals surface area contributed by atoms with Crippen LogP contribution in [-0.4, -0.2) is 20.9 Å². The van der Waals surface area contributed by atoms with E-state index in [4.69, 9.17) is 9.97 Å². The van der Waals surface area contributed by atoms with Crippen molar-refractivity contribution in [2.75, 3.05) is 10.6 Å². The lowest BCUT2D eigenvalue weighted by atomic mass is 9.99. The highest BCUT2D eigenvalue weighted by molar-refractivity contribution is 8.45. The van der Waals surface area contributed by atoms with Crippen LogP contribution in [0.15, 0.2) is 108 Å². The fourth-order valence-corrected chi connectivity index (χ4v) is 5.85. The minimum atomic E-state index is -9.77. The lowest BCUT2D eigenvalue weighted by Gasteiger charge is -2.40. The number of rotatable bonds is 7. The Morgan fingerprint density at radius 2 is 1.46 bits per heavy atom. The van der Waals surface area contributed by atoms with Crippen molar-refractivity contribution in [3.05, 3.63) is 115 Å². The van der Waals surface area contributed by atoms with Crippen molar-refractivity contribution in [2.24, 2.45) is 0 Å². The maximum atomic E-state index is 12.9. The Hall–Kier alpha value is -4.97. The first-order chi connectivity index (χ1) is 22.7. The summed E-state index contributed by atoms with van der Waals surface area (Å²) in [5.41, 5.74) is 3.90. The largest absolute Gasteiger partial charge is 0.339 e. The van der Waals surface area contributed by atoms with Crippen LogP contribution in [0, 0.1) is 0 Å². The number of amides is 1. The first-order valence-corrected chi connectivity index (χ1v) is 17.4. The number of para-hydroxylation sites is 1. The first kappa shape index (κ1) is 34.4. The van der Waals surface area contributed by atoms with Crippen LogP contribution in [0.5, 0.6) is 0 Å². The van der Waals surface area contributed by atoms with Crippen LogP contribution in [0.25, 0.3) is 28.0 Å². The monoisotopic (exact) mass is 681 g/mol. The summed E-state index contributed by atoms with van der Waals surface area (Å²) in [6.07, 6.45) is 15.3. The molecule has 1 aliphatic carbocycles. The maximum absolute atomic E-state index is 12.9. The number of fused-ring (bicyclic) bond motifs is 3. The van der Waals surface area contributed by atoms with Gasteiger partial charge >= 0.3 is 10.2 Å². The number of hydrogen-bond donors (Lipinski definition) is 3. The number of nitrogens with zero attached hydrogens (tertiary/aromatic N) is 2. The topological polar surface area (TPSA) is 82.7 Å². The van der Waals surface area contributed by atoms with E-state index >= 15 is 0 Å². The predicted molar refractivity (Wildman–Crippen MR) is 187 cm³/mol. The fraction of sp³-hybridized carbons (Fsp3) is 0.194. The molecule has 12 heteroatoms. The van der Waals surface area contributed by atoms with Gasteiger partial charge in [-0.1, -0.05) is 74.1 Å². The van der Waals surface area contributed by atoms with Gasteiger partial charge in [-0.2, -0.15) is 0 Å². The number of pyridine rings is 1. The van der Waals surface area contributed by atoms with Gasteiger partial charge in [0.15, 0.2) is 5.82 Å². The van der Waals surface area contributed by atoms with Crippen molar-refractivity contribution in [2.45, 2.75) is 50.3 Å². The predicted octanol–water partition coefficient (Wildman–Crippen LogP) is 12.0. The van der Waals surface area contributed by atoms with Gasteiger partial charge < -0.3 is 15.6 Å². The van der Waals surface area contributed by atoms with E-state index in [9.17, 15) is 24.2 Å². The molecule has 2 aromatic heterocycles. The molecule has 2 heterocycles.